The molecule has 3 heteroatoms. The molecule has 1 heterocycles. The second-order valence-corrected chi connectivity index (χ2v) is 3.30. The zero-order chi connectivity index (χ0) is 9.68. The van der Waals surface area contributed by atoms with Crippen LogP contribution in [-0.4, -0.2) is 18.7 Å². The zero-order valence-electron chi connectivity index (χ0n) is 8.16. The molecular formula is C10H16O3. The lowest BCUT2D eigenvalue weighted by Gasteiger charge is -2.13. The maximum atomic E-state index is 11.2. The molecule has 0 spiro atoms. The number of ether oxygens (including phenoxy) is 2. The Bertz CT molecular complexity index is 190. The summed E-state index contributed by atoms with van der Waals surface area (Å²) in [5, 5.41) is 0. The Morgan fingerprint density at radius 3 is 3.08 bits per heavy atom. The van der Waals surface area contributed by atoms with Crippen LogP contribution in [0.4, 0.5) is 0 Å². The summed E-state index contributed by atoms with van der Waals surface area (Å²) in [6, 6.07) is 0. The fourth-order valence-corrected chi connectivity index (χ4v) is 1.02. The van der Waals surface area contributed by atoms with Gasteiger partial charge in [-0.1, -0.05) is 13.8 Å². The average molecular weight is 184 g/mol. The first-order valence-electron chi connectivity index (χ1n) is 4.71. The van der Waals surface area contributed by atoms with Gasteiger partial charge in [0.15, 0.2) is 0 Å². The normalized spacial score (nSPS) is 22.5. The molecule has 0 fully saturated rings. The van der Waals surface area contributed by atoms with E-state index in [2.05, 4.69) is 0 Å². The number of carbonyl (C=O) groups excluding carboxylic acids is 1. The van der Waals surface area contributed by atoms with Gasteiger partial charge in [-0.3, -0.25) is 4.79 Å². The SMILES string of the molecule is CCC(C)C(=O)OCC1CC=CO1. The minimum atomic E-state index is -0.127. The number of rotatable bonds is 4. The molecule has 0 aromatic rings. The van der Waals surface area contributed by atoms with Crippen molar-refractivity contribution in [3.8, 4) is 0 Å². The molecule has 0 saturated carbocycles. The first-order chi connectivity index (χ1) is 6.24. The van der Waals surface area contributed by atoms with E-state index < -0.39 is 0 Å². The lowest BCUT2D eigenvalue weighted by Crippen LogP contribution is -2.21. The molecule has 0 bridgehead atoms. The predicted molar refractivity (Wildman–Crippen MR) is 49.0 cm³/mol. The van der Waals surface area contributed by atoms with Gasteiger partial charge in [-0.15, -0.1) is 0 Å². The predicted octanol–water partition coefficient (Wildman–Crippen LogP) is 1.88. The smallest absolute Gasteiger partial charge is 0.308 e. The van der Waals surface area contributed by atoms with Gasteiger partial charge in [-0.25, -0.2) is 0 Å². The van der Waals surface area contributed by atoms with Gasteiger partial charge in [-0.2, -0.15) is 0 Å². The number of esters is 1. The molecule has 0 amide bonds. The molecule has 0 aromatic heterocycles. The van der Waals surface area contributed by atoms with E-state index in [1.807, 2.05) is 19.9 Å². The Morgan fingerprint density at radius 1 is 1.77 bits per heavy atom. The monoisotopic (exact) mass is 184 g/mol. The summed E-state index contributed by atoms with van der Waals surface area (Å²) in [7, 11) is 0. The molecule has 0 radical (unpaired) electrons. The molecule has 1 aliphatic rings. The van der Waals surface area contributed by atoms with E-state index in [1.165, 1.54) is 0 Å². The van der Waals surface area contributed by atoms with Crippen molar-refractivity contribution in [3.63, 3.8) is 0 Å². The second-order valence-electron chi connectivity index (χ2n) is 3.30. The average Bonchev–Trinajstić information content (AvgIpc) is 2.65. The quantitative estimate of drug-likeness (QED) is 0.626. The number of carbonyl (C=O) groups is 1. The molecule has 0 aliphatic carbocycles. The summed E-state index contributed by atoms with van der Waals surface area (Å²) in [5.74, 6) is -0.132. The Hall–Kier alpha value is -0.990. The molecule has 3 nitrogen and oxygen atoms in total. The largest absolute Gasteiger partial charge is 0.494 e. The summed E-state index contributed by atoms with van der Waals surface area (Å²) < 4.78 is 10.2. The third-order valence-corrected chi connectivity index (χ3v) is 2.19. The molecule has 13 heavy (non-hydrogen) atoms. The molecule has 0 saturated heterocycles. The molecule has 1 rings (SSSR count). The van der Waals surface area contributed by atoms with Gasteiger partial charge < -0.3 is 9.47 Å². The summed E-state index contributed by atoms with van der Waals surface area (Å²) in [6.45, 7) is 4.21. The van der Waals surface area contributed by atoms with Crippen LogP contribution >= 0.6 is 0 Å². The van der Waals surface area contributed by atoms with Crippen LogP contribution in [0.3, 0.4) is 0 Å². The third-order valence-electron chi connectivity index (χ3n) is 2.19. The fraction of sp³-hybridized carbons (Fsp3) is 0.700. The van der Waals surface area contributed by atoms with Crippen LogP contribution < -0.4 is 0 Å². The standard InChI is InChI=1S/C10H16O3/c1-3-8(2)10(11)13-7-9-5-4-6-12-9/h4,6,8-9H,3,5,7H2,1-2H3. The molecule has 2 unspecified atom stereocenters. The molecule has 0 N–H and O–H groups in total. The van der Waals surface area contributed by atoms with Crippen molar-refractivity contribution in [2.45, 2.75) is 32.8 Å². The van der Waals surface area contributed by atoms with E-state index in [0.717, 1.165) is 12.8 Å². The van der Waals surface area contributed by atoms with Crippen LogP contribution in [0.5, 0.6) is 0 Å². The van der Waals surface area contributed by atoms with E-state index in [0.29, 0.717) is 6.61 Å². The minimum absolute atomic E-state index is 0.00522. The van der Waals surface area contributed by atoms with Crippen LogP contribution in [0, 0.1) is 5.92 Å². The van der Waals surface area contributed by atoms with Crippen LogP contribution in [0.2, 0.25) is 0 Å². The van der Waals surface area contributed by atoms with Gasteiger partial charge in [0, 0.05) is 6.42 Å². The van der Waals surface area contributed by atoms with Gasteiger partial charge in [0.05, 0.1) is 12.2 Å². The van der Waals surface area contributed by atoms with Crippen LogP contribution in [0.1, 0.15) is 26.7 Å². The number of hydrogen-bond donors (Lipinski definition) is 0. The van der Waals surface area contributed by atoms with Gasteiger partial charge in [-0.05, 0) is 12.5 Å². The first-order valence-corrected chi connectivity index (χ1v) is 4.71. The van der Waals surface area contributed by atoms with Crippen molar-refractivity contribution in [2.75, 3.05) is 6.61 Å². The van der Waals surface area contributed by atoms with Crippen molar-refractivity contribution in [2.24, 2.45) is 5.92 Å². The second kappa shape index (κ2) is 4.90. The van der Waals surface area contributed by atoms with Crippen molar-refractivity contribution in [1.82, 2.24) is 0 Å². The highest BCUT2D eigenvalue weighted by Crippen LogP contribution is 2.10. The summed E-state index contributed by atoms with van der Waals surface area (Å²) in [4.78, 5) is 11.2. The molecule has 2 atom stereocenters. The summed E-state index contributed by atoms with van der Waals surface area (Å²) >= 11 is 0. The topological polar surface area (TPSA) is 35.5 Å². The van der Waals surface area contributed by atoms with E-state index in [4.69, 9.17) is 9.47 Å². The van der Waals surface area contributed by atoms with E-state index >= 15 is 0 Å². The molecule has 74 valence electrons. The highest BCUT2D eigenvalue weighted by Gasteiger charge is 2.17. The Labute approximate surface area is 78.7 Å². The van der Waals surface area contributed by atoms with Crippen LogP contribution in [0.15, 0.2) is 12.3 Å². The maximum absolute atomic E-state index is 11.2. The van der Waals surface area contributed by atoms with Gasteiger partial charge in [0.2, 0.25) is 0 Å². The first kappa shape index (κ1) is 10.1. The van der Waals surface area contributed by atoms with Crippen molar-refractivity contribution in [1.29, 1.82) is 0 Å². The van der Waals surface area contributed by atoms with Gasteiger partial charge in [0.25, 0.3) is 0 Å². The minimum Gasteiger partial charge on any atom is -0.494 e. The van der Waals surface area contributed by atoms with Crippen LogP contribution in [-0.2, 0) is 14.3 Å². The third kappa shape index (κ3) is 3.09. The van der Waals surface area contributed by atoms with E-state index in [9.17, 15) is 4.79 Å². The van der Waals surface area contributed by atoms with Crippen LogP contribution in [0.25, 0.3) is 0 Å². The zero-order valence-corrected chi connectivity index (χ0v) is 8.16. The van der Waals surface area contributed by atoms with E-state index in [-0.39, 0.29) is 18.0 Å². The molecule has 0 aromatic carbocycles. The molecule has 1 aliphatic heterocycles. The highest BCUT2D eigenvalue weighted by atomic mass is 16.6. The highest BCUT2D eigenvalue weighted by molar-refractivity contribution is 5.71. The Balaban J connectivity index is 2.14. The Kier molecular flexibility index (Phi) is 3.80. The van der Waals surface area contributed by atoms with Crippen molar-refractivity contribution in [3.05, 3.63) is 12.3 Å². The van der Waals surface area contributed by atoms with Gasteiger partial charge >= 0.3 is 5.97 Å². The summed E-state index contributed by atoms with van der Waals surface area (Å²) in [5.41, 5.74) is 0. The van der Waals surface area contributed by atoms with E-state index in [1.54, 1.807) is 6.26 Å². The number of hydrogen-bond acceptors (Lipinski definition) is 3. The summed E-state index contributed by atoms with van der Waals surface area (Å²) in [6.07, 6.45) is 5.29. The maximum Gasteiger partial charge on any atom is 0.308 e. The molecular weight excluding hydrogens is 168 g/mol. The van der Waals surface area contributed by atoms with Crippen molar-refractivity contribution < 1.29 is 14.3 Å². The van der Waals surface area contributed by atoms with Crippen molar-refractivity contribution >= 4 is 5.97 Å². The van der Waals surface area contributed by atoms with Gasteiger partial charge in [0.1, 0.15) is 12.7 Å². The lowest BCUT2D eigenvalue weighted by atomic mass is 10.1. The lowest BCUT2D eigenvalue weighted by molar-refractivity contribution is -0.150. The Morgan fingerprint density at radius 2 is 2.54 bits per heavy atom. The fourth-order valence-electron chi connectivity index (χ4n) is 1.02.